The van der Waals surface area contributed by atoms with Crippen LogP contribution < -0.4 is 10.6 Å². The second-order valence-electron chi connectivity index (χ2n) is 9.12. The van der Waals surface area contributed by atoms with Crippen molar-refractivity contribution in [2.45, 2.75) is 40.2 Å². The topological polar surface area (TPSA) is 95.3 Å². The van der Waals surface area contributed by atoms with E-state index in [4.69, 9.17) is 0 Å². The maximum Gasteiger partial charge on any atom is 0.289 e. The van der Waals surface area contributed by atoms with E-state index in [9.17, 15) is 9.90 Å². The molecule has 0 atom stereocenters. The highest BCUT2D eigenvalue weighted by Gasteiger charge is 2.24. The van der Waals surface area contributed by atoms with Crippen LogP contribution >= 0.6 is 0 Å². The first-order chi connectivity index (χ1) is 16.4. The van der Waals surface area contributed by atoms with Crippen LogP contribution in [-0.2, 0) is 6.54 Å². The van der Waals surface area contributed by atoms with Gasteiger partial charge in [-0.1, -0.05) is 26.0 Å². The summed E-state index contributed by atoms with van der Waals surface area (Å²) in [6.45, 7) is 13.5. The molecule has 0 bridgehead atoms. The Hall–Kier alpha value is -3.23. The summed E-state index contributed by atoms with van der Waals surface area (Å²) >= 11 is 0. The third-order valence-corrected chi connectivity index (χ3v) is 6.26. The molecule has 1 amide bonds. The third kappa shape index (κ3) is 4.98. The van der Waals surface area contributed by atoms with Crippen molar-refractivity contribution in [3.05, 3.63) is 58.9 Å². The van der Waals surface area contributed by atoms with Crippen molar-refractivity contribution < 1.29 is 9.90 Å². The lowest BCUT2D eigenvalue weighted by molar-refractivity contribution is 0.0943. The van der Waals surface area contributed by atoms with Crippen molar-refractivity contribution in [1.82, 2.24) is 30.3 Å². The molecule has 0 radical (unpaired) electrons. The van der Waals surface area contributed by atoms with Gasteiger partial charge in [0, 0.05) is 45.0 Å². The number of aromatic nitrogens is 3. The Morgan fingerprint density at radius 1 is 1.15 bits per heavy atom. The highest BCUT2D eigenvalue weighted by atomic mass is 16.3. The number of aromatic hydroxyl groups is 1. The average Bonchev–Trinajstić information content (AvgIpc) is 3.25. The molecule has 0 saturated carbocycles. The second-order valence-corrected chi connectivity index (χ2v) is 9.12. The number of benzene rings is 2. The molecule has 0 aliphatic carbocycles. The van der Waals surface area contributed by atoms with Gasteiger partial charge in [0.2, 0.25) is 5.82 Å². The van der Waals surface area contributed by atoms with Crippen LogP contribution in [0.5, 0.6) is 5.75 Å². The monoisotopic (exact) mass is 462 g/mol. The molecule has 1 fully saturated rings. The number of carbonyl (C=O) groups excluding carboxylic acids is 1. The van der Waals surface area contributed by atoms with E-state index in [-0.39, 0.29) is 23.4 Å². The summed E-state index contributed by atoms with van der Waals surface area (Å²) < 4.78 is 1.73. The molecule has 0 spiro atoms. The zero-order chi connectivity index (χ0) is 24.2. The molecule has 8 nitrogen and oxygen atoms in total. The molecule has 1 aliphatic heterocycles. The number of carbonyl (C=O) groups is 1. The molecule has 1 aromatic heterocycles. The molecular formula is C26H34N6O2. The van der Waals surface area contributed by atoms with E-state index in [0.717, 1.165) is 49.5 Å². The van der Waals surface area contributed by atoms with E-state index in [1.807, 2.05) is 32.0 Å². The number of phenols is 1. The summed E-state index contributed by atoms with van der Waals surface area (Å²) in [6, 6.07) is 11.8. The van der Waals surface area contributed by atoms with Gasteiger partial charge >= 0.3 is 0 Å². The van der Waals surface area contributed by atoms with Gasteiger partial charge in [-0.3, -0.25) is 14.3 Å². The van der Waals surface area contributed by atoms with Crippen LogP contribution in [0.25, 0.3) is 17.1 Å². The van der Waals surface area contributed by atoms with Crippen molar-refractivity contribution in [3.63, 3.8) is 0 Å². The van der Waals surface area contributed by atoms with Gasteiger partial charge in [-0.15, -0.1) is 10.2 Å². The molecule has 4 rings (SSSR count). The summed E-state index contributed by atoms with van der Waals surface area (Å²) in [7, 11) is 0. The van der Waals surface area contributed by atoms with Crippen LogP contribution in [0.4, 0.5) is 0 Å². The van der Waals surface area contributed by atoms with Gasteiger partial charge in [-0.25, -0.2) is 0 Å². The Morgan fingerprint density at radius 2 is 1.85 bits per heavy atom. The van der Waals surface area contributed by atoms with Gasteiger partial charge in [-0.05, 0) is 60.7 Å². The van der Waals surface area contributed by atoms with Crippen molar-refractivity contribution in [3.8, 4) is 22.8 Å². The number of hydrogen-bond donors (Lipinski definition) is 3. The molecule has 2 heterocycles. The fraction of sp³-hybridized carbons (Fsp3) is 0.423. The van der Waals surface area contributed by atoms with E-state index >= 15 is 0 Å². The zero-order valence-electron chi connectivity index (χ0n) is 20.4. The van der Waals surface area contributed by atoms with Crippen LogP contribution in [0.15, 0.2) is 36.4 Å². The van der Waals surface area contributed by atoms with Crippen LogP contribution in [0, 0.1) is 6.92 Å². The van der Waals surface area contributed by atoms with Crippen LogP contribution in [-0.4, -0.2) is 63.4 Å². The van der Waals surface area contributed by atoms with Crippen LogP contribution in [0.2, 0.25) is 0 Å². The standard InChI is InChI=1S/C26H34N6O2/c1-5-28-26(34)25-30-29-24(22-15-21(17(2)3)18(4)14-23(22)33)32(25)20-8-6-19(7-9-20)16-31-12-10-27-11-13-31/h6-9,14-15,17,27,33H,5,10-13,16H2,1-4H3,(H,28,34). The number of amides is 1. The maximum atomic E-state index is 12.8. The predicted octanol–water partition coefficient (Wildman–Crippen LogP) is 3.23. The van der Waals surface area contributed by atoms with E-state index in [0.29, 0.717) is 17.9 Å². The smallest absolute Gasteiger partial charge is 0.289 e. The van der Waals surface area contributed by atoms with Gasteiger partial charge in [-0.2, -0.15) is 0 Å². The van der Waals surface area contributed by atoms with Crippen molar-refractivity contribution in [1.29, 1.82) is 0 Å². The number of phenolic OH excluding ortho intramolecular Hbond substituents is 1. The van der Waals surface area contributed by atoms with Gasteiger partial charge in [0.05, 0.1) is 5.56 Å². The lowest BCUT2D eigenvalue weighted by atomic mass is 9.95. The Bertz CT molecular complexity index is 1150. The molecule has 1 saturated heterocycles. The maximum absolute atomic E-state index is 12.8. The van der Waals surface area contributed by atoms with E-state index in [1.165, 1.54) is 5.56 Å². The molecule has 2 aromatic carbocycles. The summed E-state index contributed by atoms with van der Waals surface area (Å²) in [6.07, 6.45) is 0. The molecule has 3 aromatic rings. The Morgan fingerprint density at radius 3 is 2.50 bits per heavy atom. The van der Waals surface area contributed by atoms with Gasteiger partial charge < -0.3 is 15.7 Å². The van der Waals surface area contributed by atoms with Crippen molar-refractivity contribution in [2.24, 2.45) is 0 Å². The van der Waals surface area contributed by atoms with Crippen molar-refractivity contribution >= 4 is 5.91 Å². The largest absolute Gasteiger partial charge is 0.507 e. The first-order valence-electron chi connectivity index (χ1n) is 12.0. The summed E-state index contributed by atoms with van der Waals surface area (Å²) in [5, 5.41) is 25.6. The SMILES string of the molecule is CCNC(=O)c1nnc(-c2cc(C(C)C)c(C)cc2O)n1-c1ccc(CN2CCNCC2)cc1. The first kappa shape index (κ1) is 23.9. The number of rotatable bonds is 7. The highest BCUT2D eigenvalue weighted by molar-refractivity contribution is 5.92. The zero-order valence-corrected chi connectivity index (χ0v) is 20.4. The van der Waals surface area contributed by atoms with Crippen molar-refractivity contribution in [2.75, 3.05) is 32.7 Å². The Labute approximate surface area is 201 Å². The molecule has 3 N–H and O–H groups in total. The quantitative estimate of drug-likeness (QED) is 0.499. The average molecular weight is 463 g/mol. The number of nitrogens with one attached hydrogen (secondary N) is 2. The minimum Gasteiger partial charge on any atom is -0.507 e. The molecule has 0 unspecified atom stereocenters. The lowest BCUT2D eigenvalue weighted by Crippen LogP contribution is -2.42. The minimum absolute atomic E-state index is 0.119. The van der Waals surface area contributed by atoms with Crippen LogP contribution in [0.3, 0.4) is 0 Å². The minimum atomic E-state index is -0.304. The highest BCUT2D eigenvalue weighted by Crippen LogP contribution is 2.35. The second kappa shape index (κ2) is 10.4. The molecule has 1 aliphatic rings. The molecule has 34 heavy (non-hydrogen) atoms. The van der Waals surface area contributed by atoms with E-state index < -0.39 is 0 Å². The summed E-state index contributed by atoms with van der Waals surface area (Å²) in [5.41, 5.74) is 4.68. The summed E-state index contributed by atoms with van der Waals surface area (Å²) in [4.78, 5) is 15.2. The normalized spacial score (nSPS) is 14.5. The molecular weight excluding hydrogens is 428 g/mol. The van der Waals surface area contributed by atoms with E-state index in [2.05, 4.69) is 51.7 Å². The molecule has 8 heteroatoms. The summed E-state index contributed by atoms with van der Waals surface area (Å²) in [5.74, 6) is 0.728. The van der Waals surface area contributed by atoms with Gasteiger partial charge in [0.1, 0.15) is 5.75 Å². The Kier molecular flexibility index (Phi) is 7.29. The number of aryl methyl sites for hydroxylation is 1. The van der Waals surface area contributed by atoms with Crippen LogP contribution in [0.1, 0.15) is 54.0 Å². The number of piperazine rings is 1. The Balaban J connectivity index is 1.76. The number of nitrogens with zero attached hydrogens (tertiary/aromatic N) is 4. The predicted molar refractivity (Wildman–Crippen MR) is 133 cm³/mol. The van der Waals surface area contributed by atoms with E-state index in [1.54, 1.807) is 10.6 Å². The van der Waals surface area contributed by atoms with Gasteiger partial charge in [0.25, 0.3) is 5.91 Å². The lowest BCUT2D eigenvalue weighted by Gasteiger charge is -2.27. The fourth-order valence-corrected chi connectivity index (χ4v) is 4.48. The van der Waals surface area contributed by atoms with Gasteiger partial charge in [0.15, 0.2) is 5.82 Å². The molecule has 180 valence electrons. The fourth-order valence-electron chi connectivity index (χ4n) is 4.48. The third-order valence-electron chi connectivity index (χ3n) is 6.26. The first-order valence-corrected chi connectivity index (χ1v) is 12.0. The number of hydrogen-bond acceptors (Lipinski definition) is 6.